The minimum atomic E-state index is -0.312. The Morgan fingerprint density at radius 3 is 2.83 bits per heavy atom. The first-order valence-corrected chi connectivity index (χ1v) is 7.72. The number of rotatable bonds is 3. The fraction of sp³-hybridized carbons (Fsp3) is 0.235. The smallest absolute Gasteiger partial charge is 0.273 e. The van der Waals surface area contributed by atoms with Crippen LogP contribution in [0.4, 0.5) is 0 Å². The maximum absolute atomic E-state index is 12.5. The first kappa shape index (κ1) is 15.5. The highest BCUT2D eigenvalue weighted by molar-refractivity contribution is 6.36. The Balaban J connectivity index is 1.86. The van der Waals surface area contributed by atoms with Crippen molar-refractivity contribution in [3.05, 3.63) is 64.1 Å². The number of aryl methyl sites for hydroxylation is 2. The van der Waals surface area contributed by atoms with E-state index >= 15 is 0 Å². The highest BCUT2D eigenvalue weighted by atomic mass is 35.5. The number of hydrogen-bond donors (Lipinski definition) is 1. The molecule has 3 aromatic rings. The molecule has 2 heterocycles. The Bertz CT molecular complexity index is 887. The molecule has 0 aliphatic carbocycles. The van der Waals surface area contributed by atoms with Gasteiger partial charge in [-0.3, -0.25) is 4.79 Å². The van der Waals surface area contributed by atoms with E-state index in [-0.39, 0.29) is 22.7 Å². The van der Waals surface area contributed by atoms with E-state index in [2.05, 4.69) is 21.5 Å². The van der Waals surface area contributed by atoms with Gasteiger partial charge in [0.05, 0.1) is 6.04 Å². The number of benzene rings is 1. The Hall–Kier alpha value is -2.40. The van der Waals surface area contributed by atoms with Crippen molar-refractivity contribution in [2.45, 2.75) is 26.8 Å². The fourth-order valence-electron chi connectivity index (χ4n) is 2.66. The average Bonchev–Trinajstić information content (AvgIpc) is 2.85. The van der Waals surface area contributed by atoms with E-state index in [1.54, 1.807) is 18.5 Å². The number of nitrogens with zero attached hydrogens (tertiary/aromatic N) is 3. The van der Waals surface area contributed by atoms with Crippen LogP contribution in [-0.4, -0.2) is 20.5 Å². The monoisotopic (exact) mass is 328 g/mol. The molecule has 1 aromatic carbocycles. The quantitative estimate of drug-likeness (QED) is 0.800. The first-order valence-electron chi connectivity index (χ1n) is 7.34. The van der Waals surface area contributed by atoms with E-state index in [1.165, 1.54) is 10.1 Å². The lowest BCUT2D eigenvalue weighted by atomic mass is 10.0. The number of carbonyl (C=O) groups excluding carboxylic acids is 1. The second-order valence-corrected chi connectivity index (χ2v) is 5.98. The second kappa shape index (κ2) is 6.01. The highest BCUT2D eigenvalue weighted by Crippen LogP contribution is 2.22. The molecule has 23 heavy (non-hydrogen) atoms. The molecule has 0 saturated carbocycles. The molecule has 0 fully saturated rings. The van der Waals surface area contributed by atoms with Crippen LogP contribution in [0.15, 0.2) is 36.7 Å². The molecule has 2 aromatic heterocycles. The number of nitrogens with one attached hydrogen (secondary N) is 1. The lowest BCUT2D eigenvalue weighted by molar-refractivity contribution is 0.0934. The lowest BCUT2D eigenvalue weighted by Gasteiger charge is -2.16. The summed E-state index contributed by atoms with van der Waals surface area (Å²) in [6.07, 6.45) is 3.32. The van der Waals surface area contributed by atoms with Crippen molar-refractivity contribution < 1.29 is 4.79 Å². The van der Waals surface area contributed by atoms with Crippen LogP contribution in [0.1, 0.15) is 40.1 Å². The predicted molar refractivity (Wildman–Crippen MR) is 89.8 cm³/mol. The summed E-state index contributed by atoms with van der Waals surface area (Å²) in [4.78, 5) is 16.6. The molecular weight excluding hydrogens is 312 g/mol. The number of fused-ring (bicyclic) bond motifs is 1. The molecule has 0 spiro atoms. The van der Waals surface area contributed by atoms with E-state index in [1.807, 2.05) is 32.9 Å². The number of amides is 1. The number of carbonyl (C=O) groups is 1. The predicted octanol–water partition coefficient (Wildman–Crippen LogP) is 3.49. The maximum Gasteiger partial charge on any atom is 0.273 e. The van der Waals surface area contributed by atoms with Crippen LogP contribution >= 0.6 is 11.6 Å². The van der Waals surface area contributed by atoms with Gasteiger partial charge in [-0.2, -0.15) is 5.10 Å². The van der Waals surface area contributed by atoms with Crippen LogP contribution < -0.4 is 5.32 Å². The number of halogens is 1. The molecule has 6 heteroatoms. The summed E-state index contributed by atoms with van der Waals surface area (Å²) in [6, 6.07) is 7.75. The Labute approximate surface area is 139 Å². The van der Waals surface area contributed by atoms with Crippen LogP contribution in [0.5, 0.6) is 0 Å². The van der Waals surface area contributed by atoms with Crippen LogP contribution in [0.3, 0.4) is 0 Å². The second-order valence-electron chi connectivity index (χ2n) is 5.61. The highest BCUT2D eigenvalue weighted by Gasteiger charge is 2.21. The van der Waals surface area contributed by atoms with E-state index in [0.717, 1.165) is 11.1 Å². The Morgan fingerprint density at radius 1 is 1.35 bits per heavy atom. The van der Waals surface area contributed by atoms with Gasteiger partial charge < -0.3 is 5.32 Å². The topological polar surface area (TPSA) is 59.3 Å². The van der Waals surface area contributed by atoms with Gasteiger partial charge in [0.15, 0.2) is 11.3 Å². The van der Waals surface area contributed by atoms with Crippen molar-refractivity contribution in [3.8, 4) is 0 Å². The van der Waals surface area contributed by atoms with Gasteiger partial charge in [0.1, 0.15) is 5.02 Å². The van der Waals surface area contributed by atoms with Crippen LogP contribution in [0, 0.1) is 13.8 Å². The third kappa shape index (κ3) is 2.92. The van der Waals surface area contributed by atoms with Gasteiger partial charge in [0, 0.05) is 12.4 Å². The van der Waals surface area contributed by atoms with Gasteiger partial charge in [-0.1, -0.05) is 35.4 Å². The van der Waals surface area contributed by atoms with E-state index in [4.69, 9.17) is 11.6 Å². The summed E-state index contributed by atoms with van der Waals surface area (Å²) in [7, 11) is 0. The summed E-state index contributed by atoms with van der Waals surface area (Å²) in [5.74, 6) is -0.312. The maximum atomic E-state index is 12.5. The first-order chi connectivity index (χ1) is 11.0. The van der Waals surface area contributed by atoms with Crippen molar-refractivity contribution in [2.24, 2.45) is 0 Å². The van der Waals surface area contributed by atoms with Gasteiger partial charge in [-0.25, -0.2) is 9.50 Å². The largest absolute Gasteiger partial charge is 0.344 e. The molecule has 0 radical (unpaired) electrons. The molecule has 5 nitrogen and oxygen atoms in total. The third-order valence-corrected chi connectivity index (χ3v) is 4.14. The van der Waals surface area contributed by atoms with Crippen LogP contribution in [-0.2, 0) is 0 Å². The summed E-state index contributed by atoms with van der Waals surface area (Å²) in [6.45, 7) is 6.02. The van der Waals surface area contributed by atoms with Crippen molar-refractivity contribution in [1.29, 1.82) is 0 Å². The van der Waals surface area contributed by atoms with Crippen molar-refractivity contribution >= 4 is 23.2 Å². The normalized spacial score (nSPS) is 12.3. The zero-order valence-corrected chi connectivity index (χ0v) is 13.9. The fourth-order valence-corrected chi connectivity index (χ4v) is 2.92. The molecule has 0 bridgehead atoms. The molecule has 1 amide bonds. The van der Waals surface area contributed by atoms with Crippen molar-refractivity contribution in [1.82, 2.24) is 19.9 Å². The van der Waals surface area contributed by atoms with E-state index in [0.29, 0.717) is 5.65 Å². The zero-order chi connectivity index (χ0) is 16.6. The van der Waals surface area contributed by atoms with Gasteiger partial charge in [-0.05, 0) is 38.0 Å². The van der Waals surface area contributed by atoms with Gasteiger partial charge >= 0.3 is 0 Å². The zero-order valence-electron chi connectivity index (χ0n) is 13.2. The molecule has 1 atom stereocenters. The summed E-state index contributed by atoms with van der Waals surface area (Å²) >= 11 is 6.23. The third-order valence-electron chi connectivity index (χ3n) is 3.79. The molecule has 0 saturated heterocycles. The molecule has 0 unspecified atom stereocenters. The van der Waals surface area contributed by atoms with Crippen molar-refractivity contribution in [3.63, 3.8) is 0 Å². The van der Waals surface area contributed by atoms with Crippen LogP contribution in [0.2, 0.25) is 5.02 Å². The summed E-state index contributed by atoms with van der Waals surface area (Å²) in [5, 5.41) is 7.41. The molecule has 0 aliphatic heterocycles. The number of aromatic nitrogens is 3. The van der Waals surface area contributed by atoms with Crippen molar-refractivity contribution in [2.75, 3.05) is 0 Å². The van der Waals surface area contributed by atoms with Crippen LogP contribution in [0.25, 0.3) is 5.65 Å². The molecular formula is C17H17ClN4O. The SMILES string of the molecule is Cc1ccc([C@H](C)NC(=O)c2nn3cccnc3c2Cl)c(C)c1. The Kier molecular flexibility index (Phi) is 4.05. The lowest BCUT2D eigenvalue weighted by Crippen LogP contribution is -2.27. The molecule has 3 rings (SSSR count). The summed E-state index contributed by atoms with van der Waals surface area (Å²) in [5.41, 5.74) is 4.06. The molecule has 1 N–H and O–H groups in total. The van der Waals surface area contributed by atoms with Gasteiger partial charge in [-0.15, -0.1) is 0 Å². The standard InChI is InChI=1S/C17H17ClN4O/c1-10-5-6-13(11(2)9-10)12(3)20-17(23)15-14(18)16-19-7-4-8-22(16)21-15/h4-9,12H,1-3H3,(H,20,23)/t12-/m0/s1. The van der Waals surface area contributed by atoms with Gasteiger partial charge in [0.25, 0.3) is 5.91 Å². The molecule has 118 valence electrons. The Morgan fingerprint density at radius 2 is 2.13 bits per heavy atom. The average molecular weight is 329 g/mol. The number of hydrogen-bond acceptors (Lipinski definition) is 3. The minimum Gasteiger partial charge on any atom is -0.344 e. The molecule has 0 aliphatic rings. The van der Waals surface area contributed by atoms with E-state index < -0.39 is 0 Å². The van der Waals surface area contributed by atoms with Gasteiger partial charge in [0.2, 0.25) is 0 Å². The summed E-state index contributed by atoms with van der Waals surface area (Å²) < 4.78 is 1.50. The minimum absolute atomic E-state index is 0.142. The van der Waals surface area contributed by atoms with E-state index in [9.17, 15) is 4.79 Å².